The zero-order valence-corrected chi connectivity index (χ0v) is 28.0. The summed E-state index contributed by atoms with van der Waals surface area (Å²) in [5.41, 5.74) is 3.21. The number of phenols is 2. The van der Waals surface area contributed by atoms with Crippen molar-refractivity contribution >= 4 is 12.0 Å². The number of aromatic hydroxyl groups is 2. The summed E-state index contributed by atoms with van der Waals surface area (Å²) >= 11 is 0. The SMILES string of the molecule is CC1(C)CC[C@]2(C)CC[C@]3(C)[C@H](CC[C@@H]4[C@@]5(C)CC=C(C(=Cc6ccc(O)c(O)c6)C(=O)O)C(C)(C)C5CC[C@]43C)[C@H]2C1. The largest absolute Gasteiger partial charge is 0.504 e. The van der Waals surface area contributed by atoms with Crippen LogP contribution in [-0.4, -0.2) is 21.3 Å². The first-order valence-electron chi connectivity index (χ1n) is 17.1. The van der Waals surface area contributed by atoms with E-state index in [0.29, 0.717) is 44.6 Å². The van der Waals surface area contributed by atoms with Crippen molar-refractivity contribution in [2.24, 2.45) is 56.2 Å². The first kappa shape index (κ1) is 30.8. The van der Waals surface area contributed by atoms with E-state index in [1.165, 1.54) is 63.5 Å². The van der Waals surface area contributed by atoms with E-state index in [9.17, 15) is 20.1 Å². The first-order chi connectivity index (χ1) is 19.9. The molecule has 4 nitrogen and oxygen atoms in total. The van der Waals surface area contributed by atoms with Crippen molar-refractivity contribution in [2.45, 2.75) is 120 Å². The Morgan fingerprint density at radius 1 is 0.791 bits per heavy atom. The number of carbonyl (C=O) groups is 1. The van der Waals surface area contributed by atoms with Gasteiger partial charge in [0.25, 0.3) is 0 Å². The normalized spacial score (nSPS) is 43.3. The minimum absolute atomic E-state index is 0.126. The summed E-state index contributed by atoms with van der Waals surface area (Å²) in [6.45, 7) is 20.1. The maximum Gasteiger partial charge on any atom is 0.335 e. The molecule has 4 fully saturated rings. The molecule has 4 heteroatoms. The van der Waals surface area contributed by atoms with Crippen molar-refractivity contribution in [3.8, 4) is 11.5 Å². The van der Waals surface area contributed by atoms with E-state index in [4.69, 9.17) is 0 Å². The molecule has 236 valence electrons. The van der Waals surface area contributed by atoms with Crippen molar-refractivity contribution in [1.82, 2.24) is 0 Å². The van der Waals surface area contributed by atoms with Gasteiger partial charge in [0.15, 0.2) is 11.5 Å². The van der Waals surface area contributed by atoms with E-state index in [2.05, 4.69) is 61.5 Å². The highest BCUT2D eigenvalue weighted by Crippen LogP contribution is 2.77. The number of carboxylic acid groups (broad SMARTS) is 1. The van der Waals surface area contributed by atoms with Crippen LogP contribution in [-0.2, 0) is 4.79 Å². The van der Waals surface area contributed by atoms with E-state index < -0.39 is 5.97 Å². The molecule has 0 radical (unpaired) electrons. The van der Waals surface area contributed by atoms with E-state index >= 15 is 0 Å². The molecule has 3 N–H and O–H groups in total. The number of rotatable bonds is 3. The zero-order valence-electron chi connectivity index (χ0n) is 28.0. The van der Waals surface area contributed by atoms with Gasteiger partial charge < -0.3 is 15.3 Å². The molecule has 0 saturated heterocycles. The second-order valence-corrected chi connectivity index (χ2v) is 18.0. The molecule has 8 atom stereocenters. The highest BCUT2D eigenvalue weighted by molar-refractivity contribution is 5.97. The molecule has 0 spiro atoms. The molecule has 43 heavy (non-hydrogen) atoms. The molecule has 6 rings (SSSR count). The van der Waals surface area contributed by atoms with Crippen molar-refractivity contribution in [3.63, 3.8) is 0 Å². The van der Waals surface area contributed by atoms with Gasteiger partial charge in [-0.05, 0) is 150 Å². The molecular weight excluding hydrogens is 532 g/mol. The minimum atomic E-state index is -0.940. The van der Waals surface area contributed by atoms with Crippen LogP contribution in [0.5, 0.6) is 11.5 Å². The van der Waals surface area contributed by atoms with Gasteiger partial charge in [0.05, 0.1) is 5.57 Å². The number of hydrogen-bond donors (Lipinski definition) is 3. The maximum absolute atomic E-state index is 12.7. The van der Waals surface area contributed by atoms with Gasteiger partial charge in [-0.15, -0.1) is 0 Å². The van der Waals surface area contributed by atoms with Crippen LogP contribution in [0.25, 0.3) is 6.08 Å². The summed E-state index contributed by atoms with van der Waals surface area (Å²) in [6.07, 6.45) is 16.7. The Hall–Kier alpha value is -2.23. The number of hydrogen-bond acceptors (Lipinski definition) is 3. The van der Waals surface area contributed by atoms with Gasteiger partial charge in [0.1, 0.15) is 0 Å². The topological polar surface area (TPSA) is 77.8 Å². The van der Waals surface area contributed by atoms with Gasteiger partial charge in [-0.1, -0.05) is 67.5 Å². The van der Waals surface area contributed by atoms with Crippen LogP contribution < -0.4 is 0 Å². The second kappa shape index (κ2) is 9.63. The van der Waals surface area contributed by atoms with Crippen LogP contribution in [0, 0.1) is 56.2 Å². The van der Waals surface area contributed by atoms with Crippen LogP contribution in [0.15, 0.2) is 35.4 Å². The highest BCUT2D eigenvalue weighted by atomic mass is 16.4. The molecule has 1 unspecified atom stereocenters. The van der Waals surface area contributed by atoms with Gasteiger partial charge in [-0.2, -0.15) is 0 Å². The Morgan fingerprint density at radius 3 is 2.16 bits per heavy atom. The molecule has 5 aliphatic carbocycles. The van der Waals surface area contributed by atoms with Gasteiger partial charge in [0.2, 0.25) is 0 Å². The maximum atomic E-state index is 12.7. The number of allylic oxidation sites excluding steroid dienone is 1. The number of phenolic OH excluding ortho intramolecular Hbond substituents is 2. The Morgan fingerprint density at radius 2 is 1.49 bits per heavy atom. The second-order valence-electron chi connectivity index (χ2n) is 18.0. The van der Waals surface area contributed by atoms with Gasteiger partial charge in [-0.25, -0.2) is 4.79 Å². The average Bonchev–Trinajstić information content (AvgIpc) is 2.91. The monoisotopic (exact) mass is 588 g/mol. The third kappa shape index (κ3) is 4.38. The lowest BCUT2D eigenvalue weighted by atomic mass is 9.31. The Bertz CT molecular complexity index is 1380. The predicted molar refractivity (Wildman–Crippen MR) is 174 cm³/mol. The van der Waals surface area contributed by atoms with Crippen molar-refractivity contribution in [3.05, 3.63) is 41.0 Å². The Balaban J connectivity index is 1.36. The molecular formula is C39H56O4. The van der Waals surface area contributed by atoms with Gasteiger partial charge in [0, 0.05) is 0 Å². The van der Waals surface area contributed by atoms with Crippen LogP contribution >= 0.6 is 0 Å². The molecule has 5 aliphatic rings. The smallest absolute Gasteiger partial charge is 0.335 e. The van der Waals surface area contributed by atoms with Crippen molar-refractivity contribution in [1.29, 1.82) is 0 Å². The zero-order chi connectivity index (χ0) is 31.4. The van der Waals surface area contributed by atoms with Gasteiger partial charge >= 0.3 is 5.97 Å². The summed E-state index contributed by atoms with van der Waals surface area (Å²) in [5, 5.41) is 30.3. The average molecular weight is 589 g/mol. The number of benzene rings is 1. The molecule has 4 saturated carbocycles. The first-order valence-corrected chi connectivity index (χ1v) is 17.1. The van der Waals surface area contributed by atoms with Crippen molar-refractivity contribution in [2.75, 3.05) is 0 Å². The molecule has 0 bridgehead atoms. The standard InChI is InChI=1S/C39H56O4/c1-34(2)17-18-36(5)19-20-38(7)27(28(36)23-34)10-12-32-37(6)15-13-26(35(3,4)31(37)14-16-39(32,38)8)25(33(42)43)21-24-9-11-29(40)30(41)22-24/h9,11,13,21-22,27-28,31-32,40-41H,10,12,14-20,23H2,1-8H3,(H,42,43)/t27-,28-,31?,32-,36-,37+,38-,39-/m1/s1. The predicted octanol–water partition coefficient (Wildman–Crippen LogP) is 10.0. The third-order valence-electron chi connectivity index (χ3n) is 15.1. The molecule has 0 heterocycles. The lowest BCUT2D eigenvalue weighted by Crippen LogP contribution is -2.65. The minimum Gasteiger partial charge on any atom is -0.504 e. The number of aliphatic carboxylic acids is 1. The van der Waals surface area contributed by atoms with E-state index in [-0.39, 0.29) is 22.3 Å². The van der Waals surface area contributed by atoms with E-state index in [0.717, 1.165) is 30.3 Å². The fraction of sp³-hybridized carbons (Fsp3) is 0.718. The van der Waals surface area contributed by atoms with Gasteiger partial charge in [-0.3, -0.25) is 0 Å². The van der Waals surface area contributed by atoms with E-state index in [1.807, 2.05) is 0 Å². The molecule has 0 aliphatic heterocycles. The summed E-state index contributed by atoms with van der Waals surface area (Å²) in [7, 11) is 0. The highest BCUT2D eigenvalue weighted by Gasteiger charge is 2.69. The molecule has 0 aromatic heterocycles. The third-order valence-corrected chi connectivity index (χ3v) is 15.1. The number of carboxylic acids is 1. The summed E-state index contributed by atoms with van der Waals surface area (Å²) < 4.78 is 0. The Kier molecular flexibility index (Phi) is 6.90. The number of fused-ring (bicyclic) bond motifs is 7. The van der Waals surface area contributed by atoms with Crippen LogP contribution in [0.2, 0.25) is 0 Å². The van der Waals surface area contributed by atoms with Crippen LogP contribution in [0.3, 0.4) is 0 Å². The summed E-state index contributed by atoms with van der Waals surface area (Å²) in [4.78, 5) is 12.7. The van der Waals surface area contributed by atoms with Crippen molar-refractivity contribution < 1.29 is 20.1 Å². The molecule has 1 aromatic rings. The molecule has 0 amide bonds. The fourth-order valence-corrected chi connectivity index (χ4v) is 12.4. The fourth-order valence-electron chi connectivity index (χ4n) is 12.4. The Labute approximate surface area is 260 Å². The lowest BCUT2D eigenvalue weighted by Gasteiger charge is -2.73. The molecule has 1 aromatic carbocycles. The summed E-state index contributed by atoms with van der Waals surface area (Å²) in [5.74, 6) is 1.28. The van der Waals surface area contributed by atoms with Crippen LogP contribution in [0.4, 0.5) is 0 Å². The lowest BCUT2D eigenvalue weighted by molar-refractivity contribution is -0.235. The summed E-state index contributed by atoms with van der Waals surface area (Å²) in [6, 6.07) is 4.51. The van der Waals surface area contributed by atoms with E-state index in [1.54, 1.807) is 12.1 Å². The van der Waals surface area contributed by atoms with Crippen LogP contribution in [0.1, 0.15) is 125 Å². The quantitative estimate of drug-likeness (QED) is 0.242.